The van der Waals surface area contributed by atoms with Crippen LogP contribution in [-0.2, 0) is 11.3 Å². The summed E-state index contributed by atoms with van der Waals surface area (Å²) in [6.45, 7) is 3.61. The van der Waals surface area contributed by atoms with E-state index in [2.05, 4.69) is 9.97 Å². The van der Waals surface area contributed by atoms with Gasteiger partial charge in [-0.3, -0.25) is 9.78 Å². The Morgan fingerprint density at radius 3 is 2.90 bits per heavy atom. The number of carbonyl (C=O) groups excluding carboxylic acids is 1. The fourth-order valence-corrected chi connectivity index (χ4v) is 3.76. The van der Waals surface area contributed by atoms with Crippen LogP contribution in [0.25, 0.3) is 10.9 Å². The average molecular weight is 391 g/mol. The topological polar surface area (TPSA) is 64.5 Å². The molecule has 0 spiro atoms. The van der Waals surface area contributed by atoms with Crippen LogP contribution in [0.15, 0.2) is 48.7 Å². The van der Waals surface area contributed by atoms with Crippen LogP contribution in [-0.4, -0.2) is 47.1 Å². The fourth-order valence-electron chi connectivity index (χ4n) is 3.76. The van der Waals surface area contributed by atoms with Gasteiger partial charge in [0, 0.05) is 24.7 Å². The number of pyridine rings is 2. The van der Waals surface area contributed by atoms with E-state index in [1.807, 2.05) is 54.3 Å². The van der Waals surface area contributed by atoms with E-state index >= 15 is 0 Å². The molecule has 1 atom stereocenters. The molecule has 3 heterocycles. The summed E-state index contributed by atoms with van der Waals surface area (Å²) in [6.07, 6.45) is 3.82. The number of para-hydroxylation sites is 1. The molecule has 6 heteroatoms. The van der Waals surface area contributed by atoms with Gasteiger partial charge in [-0.15, -0.1) is 0 Å². The number of ether oxygens (including phenoxy) is 2. The van der Waals surface area contributed by atoms with E-state index in [-0.39, 0.29) is 12.0 Å². The Labute approximate surface area is 170 Å². The highest BCUT2D eigenvalue weighted by Gasteiger charge is 2.25. The SMILES string of the molecule is COc1cccc2cc(C(=O)N(Cc3ccccn3)C[C@H]3CCCO3)c(C)nc12. The number of aryl methyl sites for hydroxylation is 1. The van der Waals surface area contributed by atoms with Gasteiger partial charge in [-0.25, -0.2) is 4.98 Å². The molecule has 1 amide bonds. The Morgan fingerprint density at radius 2 is 2.17 bits per heavy atom. The number of rotatable bonds is 6. The second kappa shape index (κ2) is 8.57. The molecule has 29 heavy (non-hydrogen) atoms. The van der Waals surface area contributed by atoms with Gasteiger partial charge in [0.1, 0.15) is 11.3 Å². The normalized spacial score (nSPS) is 16.1. The van der Waals surface area contributed by atoms with Crippen LogP contribution in [0.5, 0.6) is 5.75 Å². The summed E-state index contributed by atoms with van der Waals surface area (Å²) < 4.78 is 11.2. The molecule has 2 aromatic heterocycles. The van der Waals surface area contributed by atoms with Crippen molar-refractivity contribution in [2.24, 2.45) is 0 Å². The molecule has 1 aliphatic rings. The fraction of sp³-hybridized carbons (Fsp3) is 0.348. The zero-order valence-corrected chi connectivity index (χ0v) is 16.8. The highest BCUT2D eigenvalue weighted by molar-refractivity contribution is 5.99. The van der Waals surface area contributed by atoms with Gasteiger partial charge >= 0.3 is 0 Å². The van der Waals surface area contributed by atoms with Crippen molar-refractivity contribution in [3.63, 3.8) is 0 Å². The molecule has 1 aromatic carbocycles. The summed E-state index contributed by atoms with van der Waals surface area (Å²) >= 11 is 0. The van der Waals surface area contributed by atoms with Gasteiger partial charge in [-0.2, -0.15) is 0 Å². The summed E-state index contributed by atoms with van der Waals surface area (Å²) in [4.78, 5) is 24.4. The Hall–Kier alpha value is -2.99. The number of methoxy groups -OCH3 is 1. The molecule has 0 saturated carbocycles. The summed E-state index contributed by atoms with van der Waals surface area (Å²) in [5.74, 6) is 0.648. The quantitative estimate of drug-likeness (QED) is 0.640. The molecule has 1 fully saturated rings. The minimum absolute atomic E-state index is 0.0547. The van der Waals surface area contributed by atoms with Crippen molar-refractivity contribution in [2.45, 2.75) is 32.4 Å². The summed E-state index contributed by atoms with van der Waals surface area (Å²) in [6, 6.07) is 13.4. The van der Waals surface area contributed by atoms with Crippen LogP contribution in [0.1, 0.15) is 34.6 Å². The smallest absolute Gasteiger partial charge is 0.256 e. The molecular weight excluding hydrogens is 366 g/mol. The minimum Gasteiger partial charge on any atom is -0.494 e. The second-order valence-corrected chi connectivity index (χ2v) is 7.30. The number of carbonyl (C=O) groups is 1. The molecule has 0 bridgehead atoms. The Morgan fingerprint density at radius 1 is 1.28 bits per heavy atom. The third-order valence-electron chi connectivity index (χ3n) is 5.26. The maximum Gasteiger partial charge on any atom is 0.256 e. The van der Waals surface area contributed by atoms with E-state index in [1.54, 1.807) is 13.3 Å². The molecule has 0 unspecified atom stereocenters. The first-order valence-electron chi connectivity index (χ1n) is 9.91. The molecule has 4 rings (SSSR count). The summed E-state index contributed by atoms with van der Waals surface area (Å²) in [7, 11) is 1.63. The minimum atomic E-state index is -0.0547. The number of benzene rings is 1. The zero-order valence-electron chi connectivity index (χ0n) is 16.8. The molecule has 0 radical (unpaired) electrons. The van der Waals surface area contributed by atoms with Gasteiger partial charge in [0.05, 0.1) is 36.7 Å². The molecule has 0 N–H and O–H groups in total. The van der Waals surface area contributed by atoms with E-state index in [0.29, 0.717) is 30.1 Å². The van der Waals surface area contributed by atoms with Gasteiger partial charge in [0.2, 0.25) is 0 Å². The summed E-state index contributed by atoms with van der Waals surface area (Å²) in [5.41, 5.74) is 2.90. The van der Waals surface area contributed by atoms with Gasteiger partial charge in [-0.05, 0) is 44.0 Å². The molecule has 3 aromatic rings. The van der Waals surface area contributed by atoms with Gasteiger partial charge in [-0.1, -0.05) is 18.2 Å². The number of hydrogen-bond acceptors (Lipinski definition) is 5. The molecule has 6 nitrogen and oxygen atoms in total. The highest BCUT2D eigenvalue weighted by Crippen LogP contribution is 2.26. The van der Waals surface area contributed by atoms with E-state index < -0.39 is 0 Å². The van der Waals surface area contributed by atoms with Gasteiger partial charge in [0.15, 0.2) is 0 Å². The zero-order chi connectivity index (χ0) is 20.2. The average Bonchev–Trinajstić information content (AvgIpc) is 3.26. The molecular formula is C23H25N3O3. The van der Waals surface area contributed by atoms with Crippen LogP contribution >= 0.6 is 0 Å². The van der Waals surface area contributed by atoms with Crippen molar-refractivity contribution >= 4 is 16.8 Å². The third-order valence-corrected chi connectivity index (χ3v) is 5.26. The lowest BCUT2D eigenvalue weighted by molar-refractivity contribution is 0.0503. The lowest BCUT2D eigenvalue weighted by Crippen LogP contribution is -2.37. The number of nitrogens with zero attached hydrogens (tertiary/aromatic N) is 3. The first-order valence-corrected chi connectivity index (χ1v) is 9.91. The van der Waals surface area contributed by atoms with Crippen LogP contribution in [0.2, 0.25) is 0 Å². The molecule has 0 aliphatic carbocycles. The van der Waals surface area contributed by atoms with Crippen molar-refractivity contribution in [2.75, 3.05) is 20.3 Å². The van der Waals surface area contributed by atoms with Crippen LogP contribution < -0.4 is 4.74 Å². The molecule has 1 aliphatic heterocycles. The largest absolute Gasteiger partial charge is 0.494 e. The standard InChI is InChI=1S/C23H25N3O3/c1-16-20(13-17-7-5-10-21(28-2)22(17)25-16)23(27)26(15-19-9-6-12-29-19)14-18-8-3-4-11-24-18/h3-5,7-8,10-11,13,19H,6,9,12,14-15H2,1-2H3/t19-/m1/s1. The second-order valence-electron chi connectivity index (χ2n) is 7.30. The monoisotopic (exact) mass is 391 g/mol. The van der Waals surface area contributed by atoms with E-state index in [4.69, 9.17) is 9.47 Å². The van der Waals surface area contributed by atoms with Crippen LogP contribution in [0.3, 0.4) is 0 Å². The van der Waals surface area contributed by atoms with E-state index in [9.17, 15) is 4.79 Å². The van der Waals surface area contributed by atoms with Crippen molar-refractivity contribution in [1.29, 1.82) is 0 Å². The Balaban J connectivity index is 1.68. The van der Waals surface area contributed by atoms with Crippen molar-refractivity contribution < 1.29 is 14.3 Å². The highest BCUT2D eigenvalue weighted by atomic mass is 16.5. The number of hydrogen-bond donors (Lipinski definition) is 0. The van der Waals surface area contributed by atoms with E-state index in [1.165, 1.54) is 0 Å². The van der Waals surface area contributed by atoms with Gasteiger partial charge < -0.3 is 14.4 Å². The van der Waals surface area contributed by atoms with Gasteiger partial charge in [0.25, 0.3) is 5.91 Å². The number of amides is 1. The first kappa shape index (κ1) is 19.3. The molecule has 1 saturated heterocycles. The maximum absolute atomic E-state index is 13.5. The lowest BCUT2D eigenvalue weighted by Gasteiger charge is -2.26. The van der Waals surface area contributed by atoms with Crippen molar-refractivity contribution in [3.05, 3.63) is 65.6 Å². The Kier molecular flexibility index (Phi) is 5.71. The maximum atomic E-state index is 13.5. The molecule has 150 valence electrons. The van der Waals surface area contributed by atoms with Crippen molar-refractivity contribution in [1.82, 2.24) is 14.9 Å². The van der Waals surface area contributed by atoms with Crippen LogP contribution in [0.4, 0.5) is 0 Å². The first-order chi connectivity index (χ1) is 14.2. The summed E-state index contributed by atoms with van der Waals surface area (Å²) in [5, 5.41) is 0.883. The predicted octanol–water partition coefficient (Wildman–Crippen LogP) is 3.77. The van der Waals surface area contributed by atoms with E-state index in [0.717, 1.165) is 36.0 Å². The Bertz CT molecular complexity index is 1000. The number of aromatic nitrogens is 2. The lowest BCUT2D eigenvalue weighted by atomic mass is 10.1. The van der Waals surface area contributed by atoms with Crippen molar-refractivity contribution in [3.8, 4) is 5.75 Å². The van der Waals surface area contributed by atoms with Crippen LogP contribution in [0, 0.1) is 6.92 Å². The number of fused-ring (bicyclic) bond motifs is 1. The third kappa shape index (κ3) is 4.22. The predicted molar refractivity (Wildman–Crippen MR) is 111 cm³/mol.